The molecule has 7 bridgehead atoms. The van der Waals surface area contributed by atoms with Crippen LogP contribution in [0, 0.1) is 34.5 Å². The summed E-state index contributed by atoms with van der Waals surface area (Å²) in [6, 6.07) is 8.77. The number of likely N-dealkylation sites (tertiary alicyclic amines) is 1. The van der Waals surface area contributed by atoms with Crippen LogP contribution < -0.4 is 0 Å². The molecule has 6 aliphatic rings. The number of hydrogen-bond acceptors (Lipinski definition) is 10. The van der Waals surface area contributed by atoms with Gasteiger partial charge in [0.15, 0.2) is 0 Å². The van der Waals surface area contributed by atoms with E-state index in [2.05, 4.69) is 11.9 Å². The average molecular weight is 600 g/mol. The Morgan fingerprint density at radius 2 is 1.72 bits per heavy atom. The van der Waals surface area contributed by atoms with E-state index in [0.29, 0.717) is 18.6 Å². The predicted molar refractivity (Wildman–Crippen MR) is 153 cm³/mol. The van der Waals surface area contributed by atoms with Crippen LogP contribution in [0.1, 0.15) is 43.0 Å². The maximum absolute atomic E-state index is 13.7. The van der Waals surface area contributed by atoms with Gasteiger partial charge in [0.1, 0.15) is 17.3 Å². The van der Waals surface area contributed by atoms with Crippen LogP contribution in [0.4, 0.5) is 0 Å². The van der Waals surface area contributed by atoms with Crippen molar-refractivity contribution in [1.82, 2.24) is 4.90 Å². The fraction of sp³-hybridized carbons (Fsp3) is 0.758. The van der Waals surface area contributed by atoms with Crippen molar-refractivity contribution < 1.29 is 43.1 Å². The number of rotatable bonds is 8. The van der Waals surface area contributed by atoms with E-state index in [1.807, 2.05) is 6.07 Å². The van der Waals surface area contributed by atoms with E-state index in [-0.39, 0.29) is 47.8 Å². The SMILES string of the molecule is COC[C@@]12CC[C@H](OC)[C@]34C([C@@H]([C@H](OC)C13)[C@@]1(OC(C)=O)C[C@H](OC)[C@@]3(O)C[C@@H]4C1[C@H]3OC(=O)c1ccccc1)N(C)C2. The number of nitrogens with zero attached hydrogens (tertiary/aromatic N) is 1. The third kappa shape index (κ3) is 3.51. The van der Waals surface area contributed by atoms with Gasteiger partial charge < -0.3 is 38.4 Å². The van der Waals surface area contributed by atoms with Gasteiger partial charge in [-0.3, -0.25) is 4.79 Å². The summed E-state index contributed by atoms with van der Waals surface area (Å²) >= 11 is 0. The number of methoxy groups -OCH3 is 4. The third-order valence-electron chi connectivity index (χ3n) is 12.7. The molecule has 10 nitrogen and oxygen atoms in total. The quantitative estimate of drug-likeness (QED) is 0.447. The van der Waals surface area contributed by atoms with Crippen LogP contribution in [0.2, 0.25) is 0 Å². The second-order valence-electron chi connectivity index (χ2n) is 14.1. The highest BCUT2D eigenvalue weighted by molar-refractivity contribution is 5.89. The summed E-state index contributed by atoms with van der Waals surface area (Å²) in [5, 5.41) is 12.7. The maximum Gasteiger partial charge on any atom is 0.338 e. The van der Waals surface area contributed by atoms with Gasteiger partial charge in [-0.1, -0.05) is 18.2 Å². The summed E-state index contributed by atoms with van der Waals surface area (Å²) in [4.78, 5) is 29.2. The van der Waals surface area contributed by atoms with Crippen molar-refractivity contribution >= 4 is 11.9 Å². The number of carbonyl (C=O) groups excluding carboxylic acids is 2. The molecule has 13 atom stereocenters. The lowest BCUT2D eigenvalue weighted by molar-refractivity contribution is -0.285. The molecule has 1 aromatic carbocycles. The van der Waals surface area contributed by atoms with Gasteiger partial charge in [0.25, 0.3) is 0 Å². The monoisotopic (exact) mass is 599 g/mol. The van der Waals surface area contributed by atoms with E-state index >= 15 is 0 Å². The van der Waals surface area contributed by atoms with Crippen LogP contribution in [0.5, 0.6) is 0 Å². The van der Waals surface area contributed by atoms with Crippen LogP contribution in [-0.2, 0) is 33.2 Å². The van der Waals surface area contributed by atoms with Crippen molar-refractivity contribution in [3.63, 3.8) is 0 Å². The first-order valence-corrected chi connectivity index (χ1v) is 15.5. The first-order chi connectivity index (χ1) is 20.6. The molecule has 0 radical (unpaired) electrons. The molecule has 5 saturated carbocycles. The van der Waals surface area contributed by atoms with Crippen molar-refractivity contribution in [2.75, 3.05) is 48.6 Å². The van der Waals surface area contributed by atoms with E-state index in [0.717, 1.165) is 19.4 Å². The van der Waals surface area contributed by atoms with Crippen molar-refractivity contribution in [2.24, 2.45) is 34.5 Å². The Hall–Kier alpha value is -2.08. The number of esters is 2. The molecule has 5 aliphatic carbocycles. The molecule has 6 fully saturated rings. The van der Waals surface area contributed by atoms with Crippen molar-refractivity contribution in [1.29, 1.82) is 0 Å². The molecule has 10 heteroatoms. The first kappa shape index (κ1) is 29.6. The summed E-state index contributed by atoms with van der Waals surface area (Å²) in [6.45, 7) is 2.82. The Morgan fingerprint density at radius 3 is 2.35 bits per heavy atom. The fourth-order valence-corrected chi connectivity index (χ4v) is 12.2. The zero-order valence-corrected chi connectivity index (χ0v) is 26.0. The minimum atomic E-state index is -1.48. The number of ether oxygens (including phenoxy) is 6. The highest BCUT2D eigenvalue weighted by Gasteiger charge is 2.89. The van der Waals surface area contributed by atoms with Gasteiger partial charge in [0, 0.05) is 83.0 Å². The number of carbonyl (C=O) groups is 2. The molecule has 1 heterocycles. The Labute approximate surface area is 253 Å². The van der Waals surface area contributed by atoms with Gasteiger partial charge in [-0.05, 0) is 44.4 Å². The molecule has 1 aromatic rings. The molecule has 7 rings (SSSR count). The maximum atomic E-state index is 13.7. The van der Waals surface area contributed by atoms with Crippen LogP contribution in [0.25, 0.3) is 0 Å². The number of fused-ring (bicyclic) bond motifs is 2. The molecule has 236 valence electrons. The second kappa shape index (κ2) is 9.96. The molecule has 1 aliphatic heterocycles. The van der Waals surface area contributed by atoms with Gasteiger partial charge in [0.2, 0.25) is 0 Å². The van der Waals surface area contributed by atoms with Gasteiger partial charge in [-0.25, -0.2) is 4.79 Å². The number of piperidine rings is 1. The number of aliphatic hydroxyl groups is 1. The highest BCUT2D eigenvalue weighted by Crippen LogP contribution is 2.80. The lowest BCUT2D eigenvalue weighted by Gasteiger charge is -2.69. The minimum absolute atomic E-state index is 0.0201. The summed E-state index contributed by atoms with van der Waals surface area (Å²) < 4.78 is 38.0. The van der Waals surface area contributed by atoms with Crippen LogP contribution in [0.3, 0.4) is 0 Å². The van der Waals surface area contributed by atoms with Gasteiger partial charge in [-0.2, -0.15) is 0 Å². The number of benzene rings is 1. The summed E-state index contributed by atoms with van der Waals surface area (Å²) in [5.74, 6) is -1.87. The Morgan fingerprint density at radius 1 is 1.00 bits per heavy atom. The second-order valence-corrected chi connectivity index (χ2v) is 14.1. The topological polar surface area (TPSA) is 113 Å². The normalized spacial score (nSPS) is 49.0. The van der Waals surface area contributed by atoms with E-state index in [9.17, 15) is 14.7 Å². The van der Waals surface area contributed by atoms with Crippen LogP contribution >= 0.6 is 0 Å². The standard InChI is InChI=1S/C33H45NO9/c1-18(35)43-32-15-22(40-5)31(37)14-20(23(32)28(31)42-29(36)19-10-8-7-9-11-19)33-21(39-4)12-13-30(17-38-3)16-34(2)27(33)24(32)25(41-6)26(30)33/h7-11,20-28,37H,12-17H2,1-6H3/t20-,21+,22+,23?,24-,25+,26?,27?,28-,30+,31+,32-,33+/m1/s1. The zero-order valence-electron chi connectivity index (χ0n) is 26.0. The first-order valence-electron chi connectivity index (χ1n) is 15.5. The molecule has 1 saturated heterocycles. The number of hydrogen-bond donors (Lipinski definition) is 1. The largest absolute Gasteiger partial charge is 0.458 e. The van der Waals surface area contributed by atoms with Crippen molar-refractivity contribution in [2.45, 2.75) is 74.3 Å². The molecule has 1 N–H and O–H groups in total. The van der Waals surface area contributed by atoms with Gasteiger partial charge in [0.05, 0.1) is 30.5 Å². The summed E-state index contributed by atoms with van der Waals surface area (Å²) in [6.07, 6.45) is 0.272. The molecule has 1 spiro atoms. The molecule has 0 amide bonds. The smallest absolute Gasteiger partial charge is 0.338 e. The van der Waals surface area contributed by atoms with E-state index < -0.39 is 46.7 Å². The summed E-state index contributed by atoms with van der Waals surface area (Å²) in [7, 11) is 9.01. The molecular weight excluding hydrogens is 554 g/mol. The Kier molecular flexibility index (Phi) is 6.86. The predicted octanol–water partition coefficient (Wildman–Crippen LogP) is 2.32. The molecule has 43 heavy (non-hydrogen) atoms. The molecule has 0 aromatic heterocycles. The third-order valence-corrected chi connectivity index (χ3v) is 12.7. The van der Waals surface area contributed by atoms with Crippen LogP contribution in [0.15, 0.2) is 30.3 Å². The minimum Gasteiger partial charge on any atom is -0.458 e. The lowest BCUT2D eigenvalue weighted by Crippen LogP contribution is -2.77. The van der Waals surface area contributed by atoms with Crippen LogP contribution in [-0.4, -0.2) is 112 Å². The summed E-state index contributed by atoms with van der Waals surface area (Å²) in [5.41, 5.74) is -2.88. The van der Waals surface area contributed by atoms with E-state index in [1.165, 1.54) is 6.92 Å². The van der Waals surface area contributed by atoms with Gasteiger partial charge >= 0.3 is 11.9 Å². The molecule has 3 unspecified atom stereocenters. The van der Waals surface area contributed by atoms with Gasteiger partial charge in [-0.15, -0.1) is 0 Å². The van der Waals surface area contributed by atoms with Crippen molar-refractivity contribution in [3.8, 4) is 0 Å². The van der Waals surface area contributed by atoms with Crippen molar-refractivity contribution in [3.05, 3.63) is 35.9 Å². The Balaban J connectivity index is 1.48. The lowest BCUT2D eigenvalue weighted by atomic mass is 9.43. The average Bonchev–Trinajstić information content (AvgIpc) is 3.37. The Bertz CT molecular complexity index is 1280. The highest BCUT2D eigenvalue weighted by atomic mass is 16.6. The fourth-order valence-electron chi connectivity index (χ4n) is 12.2. The zero-order chi connectivity index (χ0) is 30.5. The van der Waals surface area contributed by atoms with E-state index in [4.69, 9.17) is 28.4 Å². The molecular formula is C33H45NO9. The van der Waals surface area contributed by atoms with E-state index in [1.54, 1.807) is 52.7 Å².